The Balaban J connectivity index is 1.26. The Morgan fingerprint density at radius 3 is 2.47 bits per heavy atom. The number of hydrogen-bond donors (Lipinski definition) is 0. The maximum absolute atomic E-state index is 12.8. The van der Waals surface area contributed by atoms with Crippen molar-refractivity contribution >= 4 is 17.3 Å². The number of rotatable bonds is 4. The first kappa shape index (κ1) is 22.5. The minimum atomic E-state index is -4.52. The van der Waals surface area contributed by atoms with Gasteiger partial charge in [0, 0.05) is 38.9 Å². The van der Waals surface area contributed by atoms with Gasteiger partial charge in [0.15, 0.2) is 17.3 Å². The fourth-order valence-electron chi connectivity index (χ4n) is 3.93. The molecule has 12 heteroatoms. The summed E-state index contributed by atoms with van der Waals surface area (Å²) in [5.41, 5.74) is 0.0430. The fraction of sp³-hybridized carbons (Fsp3) is 0.318. The summed E-state index contributed by atoms with van der Waals surface area (Å²) in [6.45, 7) is 3.74. The minimum absolute atomic E-state index is 0.0417. The van der Waals surface area contributed by atoms with Gasteiger partial charge in [-0.3, -0.25) is 9.69 Å². The van der Waals surface area contributed by atoms with Crippen molar-refractivity contribution < 1.29 is 22.6 Å². The number of nitrogens with zero attached hydrogens (tertiary/aromatic N) is 5. The normalized spacial score (nSPS) is 16.2. The largest absolute Gasteiger partial charge is 0.454 e. The van der Waals surface area contributed by atoms with Crippen molar-refractivity contribution in [2.75, 3.05) is 37.9 Å². The van der Waals surface area contributed by atoms with Gasteiger partial charge < -0.3 is 14.4 Å². The molecule has 0 N–H and O–H groups in total. The summed E-state index contributed by atoms with van der Waals surface area (Å²) in [5.74, 6) is 1.45. The highest BCUT2D eigenvalue weighted by atomic mass is 35.5. The van der Waals surface area contributed by atoms with E-state index < -0.39 is 17.3 Å². The summed E-state index contributed by atoms with van der Waals surface area (Å²) in [6, 6.07) is 7.82. The van der Waals surface area contributed by atoms with Crippen molar-refractivity contribution in [1.82, 2.24) is 19.7 Å². The highest BCUT2D eigenvalue weighted by Crippen LogP contribution is 2.33. The molecule has 0 aliphatic carbocycles. The van der Waals surface area contributed by atoms with Crippen LogP contribution in [0.25, 0.3) is 5.82 Å². The van der Waals surface area contributed by atoms with Crippen molar-refractivity contribution in [2.45, 2.75) is 12.7 Å². The molecule has 5 rings (SSSR count). The lowest BCUT2D eigenvalue weighted by atomic mass is 10.1. The van der Waals surface area contributed by atoms with Gasteiger partial charge >= 0.3 is 6.18 Å². The van der Waals surface area contributed by atoms with E-state index in [9.17, 15) is 18.0 Å². The number of ether oxygens (including phenoxy) is 2. The molecule has 34 heavy (non-hydrogen) atoms. The van der Waals surface area contributed by atoms with Gasteiger partial charge in [0.25, 0.3) is 5.56 Å². The third-order valence-electron chi connectivity index (χ3n) is 5.75. The van der Waals surface area contributed by atoms with Crippen LogP contribution in [0.15, 0.2) is 47.5 Å². The predicted octanol–water partition coefficient (Wildman–Crippen LogP) is 3.35. The van der Waals surface area contributed by atoms with Gasteiger partial charge in [0.1, 0.15) is 5.02 Å². The number of aromatic nitrogens is 3. The zero-order valence-corrected chi connectivity index (χ0v) is 18.5. The lowest BCUT2D eigenvalue weighted by Crippen LogP contribution is -2.46. The average molecular weight is 494 g/mol. The molecule has 8 nitrogen and oxygen atoms in total. The van der Waals surface area contributed by atoms with Crippen LogP contribution in [-0.4, -0.2) is 52.6 Å². The van der Waals surface area contributed by atoms with E-state index in [1.54, 1.807) is 0 Å². The number of benzene rings is 1. The van der Waals surface area contributed by atoms with E-state index in [1.165, 1.54) is 6.20 Å². The highest BCUT2D eigenvalue weighted by Gasteiger charge is 2.31. The zero-order chi connectivity index (χ0) is 23.9. The van der Waals surface area contributed by atoms with E-state index in [2.05, 4.69) is 15.0 Å². The smallest absolute Gasteiger partial charge is 0.417 e. The summed E-state index contributed by atoms with van der Waals surface area (Å²) in [5, 5.41) is 4.04. The number of piperazine rings is 1. The molecule has 0 atom stereocenters. The molecule has 178 valence electrons. The van der Waals surface area contributed by atoms with Crippen molar-refractivity contribution in [3.05, 3.63) is 69.2 Å². The van der Waals surface area contributed by atoms with Crippen molar-refractivity contribution in [2.24, 2.45) is 0 Å². The van der Waals surface area contributed by atoms with Gasteiger partial charge in [0.2, 0.25) is 6.79 Å². The number of anilines is 1. The second-order valence-corrected chi connectivity index (χ2v) is 8.29. The number of alkyl halides is 3. The summed E-state index contributed by atoms with van der Waals surface area (Å²) in [4.78, 5) is 20.7. The quantitative estimate of drug-likeness (QED) is 0.552. The summed E-state index contributed by atoms with van der Waals surface area (Å²) in [6.07, 6.45) is -2.42. The number of halogens is 4. The van der Waals surface area contributed by atoms with Gasteiger partial charge in [-0.05, 0) is 29.8 Å². The second kappa shape index (κ2) is 8.80. The average Bonchev–Trinajstić information content (AvgIpc) is 3.29. The van der Waals surface area contributed by atoms with Crippen LogP contribution in [0.4, 0.5) is 18.9 Å². The Bertz CT molecular complexity index is 1260. The Morgan fingerprint density at radius 1 is 1.00 bits per heavy atom. The van der Waals surface area contributed by atoms with Crippen LogP contribution in [0.1, 0.15) is 11.1 Å². The molecule has 1 fully saturated rings. The van der Waals surface area contributed by atoms with E-state index in [4.69, 9.17) is 21.1 Å². The van der Waals surface area contributed by atoms with E-state index >= 15 is 0 Å². The molecule has 0 saturated carbocycles. The molecule has 0 radical (unpaired) electrons. The summed E-state index contributed by atoms with van der Waals surface area (Å²) < 4.78 is 50.0. The summed E-state index contributed by atoms with van der Waals surface area (Å²) in [7, 11) is 0. The van der Waals surface area contributed by atoms with Gasteiger partial charge in [-0.1, -0.05) is 17.7 Å². The molecule has 0 amide bonds. The van der Waals surface area contributed by atoms with Gasteiger partial charge in [-0.25, -0.2) is 4.98 Å². The van der Waals surface area contributed by atoms with E-state index in [-0.39, 0.29) is 17.6 Å². The van der Waals surface area contributed by atoms with Crippen molar-refractivity contribution in [3.63, 3.8) is 0 Å². The monoisotopic (exact) mass is 493 g/mol. The molecule has 1 aromatic carbocycles. The molecular weight excluding hydrogens is 475 g/mol. The third kappa shape index (κ3) is 4.40. The number of pyridine rings is 1. The maximum atomic E-state index is 12.8. The second-order valence-electron chi connectivity index (χ2n) is 7.91. The number of fused-ring (bicyclic) bond motifs is 1. The molecular formula is C22H19ClF3N5O3. The Morgan fingerprint density at radius 2 is 1.76 bits per heavy atom. The third-order valence-corrected chi connectivity index (χ3v) is 6.10. The first-order valence-corrected chi connectivity index (χ1v) is 10.8. The molecule has 0 spiro atoms. The van der Waals surface area contributed by atoms with Crippen LogP contribution in [0.5, 0.6) is 11.5 Å². The lowest BCUT2D eigenvalue weighted by molar-refractivity contribution is -0.137. The van der Waals surface area contributed by atoms with Gasteiger partial charge in [0.05, 0.1) is 17.4 Å². The van der Waals surface area contributed by atoms with Crippen LogP contribution >= 0.6 is 11.6 Å². The Labute approximate surface area is 197 Å². The molecule has 2 aliphatic rings. The maximum Gasteiger partial charge on any atom is 0.417 e. The first-order valence-electron chi connectivity index (χ1n) is 10.5. The number of hydrogen-bond acceptors (Lipinski definition) is 7. The molecule has 2 aromatic heterocycles. The van der Waals surface area contributed by atoms with Crippen molar-refractivity contribution in [1.29, 1.82) is 0 Å². The predicted molar refractivity (Wildman–Crippen MR) is 118 cm³/mol. The summed E-state index contributed by atoms with van der Waals surface area (Å²) >= 11 is 6.34. The van der Waals surface area contributed by atoms with E-state index in [1.807, 2.05) is 23.1 Å². The van der Waals surface area contributed by atoms with Crippen LogP contribution in [-0.2, 0) is 12.7 Å². The van der Waals surface area contributed by atoms with Crippen LogP contribution in [0, 0.1) is 0 Å². The molecule has 3 aromatic rings. The molecule has 4 heterocycles. The minimum Gasteiger partial charge on any atom is -0.454 e. The SMILES string of the molecule is O=c1c(Cl)c(N2CCN(Cc3ccc4c(c3)OCO4)CC2)cnn1-c1ccc(C(F)(F)F)cn1. The standard InChI is InChI=1S/C22H19ClF3N5O3/c23-20-16(11-28-31(21(20)32)19-4-2-15(10-27-19)22(24,25)26)30-7-5-29(6-8-30)12-14-1-3-17-18(9-14)34-13-33-17/h1-4,9-11H,5-8,12-13H2. The molecule has 0 bridgehead atoms. The Kier molecular flexibility index (Phi) is 5.82. The first-order chi connectivity index (χ1) is 16.3. The fourth-order valence-corrected chi connectivity index (χ4v) is 4.18. The highest BCUT2D eigenvalue weighted by molar-refractivity contribution is 6.33. The van der Waals surface area contributed by atoms with Crippen molar-refractivity contribution in [3.8, 4) is 17.3 Å². The lowest BCUT2D eigenvalue weighted by Gasteiger charge is -2.36. The van der Waals surface area contributed by atoms with Crippen LogP contribution < -0.4 is 19.9 Å². The van der Waals surface area contributed by atoms with Gasteiger partial charge in [-0.15, -0.1) is 0 Å². The van der Waals surface area contributed by atoms with Gasteiger partial charge in [-0.2, -0.15) is 23.0 Å². The molecule has 1 saturated heterocycles. The van der Waals surface area contributed by atoms with E-state index in [0.29, 0.717) is 25.0 Å². The molecule has 0 unspecified atom stereocenters. The van der Waals surface area contributed by atoms with E-state index in [0.717, 1.165) is 53.5 Å². The van der Waals surface area contributed by atoms with Crippen LogP contribution in [0.3, 0.4) is 0 Å². The zero-order valence-electron chi connectivity index (χ0n) is 17.8. The topological polar surface area (TPSA) is 72.7 Å². The molecule has 2 aliphatic heterocycles. The van der Waals surface area contributed by atoms with Crippen LogP contribution in [0.2, 0.25) is 5.02 Å². The Hall–Kier alpha value is -3.31.